The van der Waals surface area contributed by atoms with Crippen molar-refractivity contribution in [3.63, 3.8) is 0 Å². The van der Waals surface area contributed by atoms with E-state index in [0.29, 0.717) is 11.8 Å². The Bertz CT molecular complexity index is 925. The molecule has 0 unspecified atom stereocenters. The van der Waals surface area contributed by atoms with Gasteiger partial charge in [-0.25, -0.2) is 0 Å². The Morgan fingerprint density at radius 3 is 2.47 bits per heavy atom. The van der Waals surface area contributed by atoms with Crippen LogP contribution in [0.25, 0.3) is 11.1 Å². The third-order valence-electron chi connectivity index (χ3n) is 5.32. The van der Waals surface area contributed by atoms with E-state index in [1.807, 2.05) is 36.4 Å². The molecular weight excluding hydrogens is 415 g/mol. The molecule has 7 heteroatoms. The maximum Gasteiger partial charge on any atom is 1.00 e. The van der Waals surface area contributed by atoms with Crippen LogP contribution in [0.15, 0.2) is 52.9 Å². The number of hydrogen-bond acceptors (Lipinski definition) is 6. The van der Waals surface area contributed by atoms with Gasteiger partial charge in [0.15, 0.2) is 5.58 Å². The van der Waals surface area contributed by atoms with Gasteiger partial charge in [0.2, 0.25) is 0 Å². The summed E-state index contributed by atoms with van der Waals surface area (Å²) < 4.78 is 11.4. The quantitative estimate of drug-likeness (QED) is 0.292. The predicted molar refractivity (Wildman–Crippen MR) is 120 cm³/mol. The van der Waals surface area contributed by atoms with Gasteiger partial charge in [-0.1, -0.05) is 56.9 Å². The second-order valence-electron chi connectivity index (χ2n) is 7.84. The number of carboxylic acid groups (broad SMARTS) is 1. The minimum absolute atomic E-state index is 0. The summed E-state index contributed by atoms with van der Waals surface area (Å²) in [5.74, 6) is -0.704. The molecule has 0 aliphatic carbocycles. The SMILES string of the molecule is CCCCCCCN(CCc1ccc(O[C@@H](C)C(=O)[O-])cc1)c1nc2ccccc2o1.[Na+]. The van der Waals surface area contributed by atoms with Crippen LogP contribution in [0.5, 0.6) is 5.75 Å². The molecule has 2 aromatic carbocycles. The zero-order valence-electron chi connectivity index (χ0n) is 19.4. The molecule has 0 aliphatic rings. The first-order valence-corrected chi connectivity index (χ1v) is 11.1. The van der Waals surface area contributed by atoms with Crippen LogP contribution in [0.2, 0.25) is 0 Å². The molecule has 1 heterocycles. The van der Waals surface area contributed by atoms with Crippen molar-refractivity contribution in [2.24, 2.45) is 0 Å². The number of unbranched alkanes of at least 4 members (excludes halogenated alkanes) is 4. The monoisotopic (exact) mass is 446 g/mol. The number of anilines is 1. The smallest absolute Gasteiger partial charge is 0.546 e. The normalized spacial score (nSPS) is 11.7. The number of nitrogens with zero attached hydrogens (tertiary/aromatic N) is 2. The molecule has 0 bridgehead atoms. The Kier molecular flexibility index (Phi) is 11.1. The minimum Gasteiger partial charge on any atom is -0.546 e. The number of benzene rings is 2. The number of ether oxygens (including phenoxy) is 1. The molecule has 0 saturated carbocycles. The van der Waals surface area contributed by atoms with E-state index in [-0.39, 0.29) is 29.6 Å². The van der Waals surface area contributed by atoms with E-state index in [1.165, 1.54) is 32.6 Å². The van der Waals surface area contributed by atoms with E-state index in [4.69, 9.17) is 9.15 Å². The number of para-hydroxylation sites is 2. The van der Waals surface area contributed by atoms with Gasteiger partial charge in [0.05, 0.1) is 5.97 Å². The number of carbonyl (C=O) groups is 1. The summed E-state index contributed by atoms with van der Waals surface area (Å²) in [6.07, 6.45) is 5.91. The predicted octanol–water partition coefficient (Wildman–Crippen LogP) is 1.37. The van der Waals surface area contributed by atoms with Gasteiger partial charge in [0.25, 0.3) is 6.01 Å². The van der Waals surface area contributed by atoms with Crippen molar-refractivity contribution in [1.29, 1.82) is 0 Å². The summed E-state index contributed by atoms with van der Waals surface area (Å²) in [5, 5.41) is 10.8. The number of hydrogen-bond donors (Lipinski definition) is 0. The van der Waals surface area contributed by atoms with Gasteiger partial charge in [-0.3, -0.25) is 0 Å². The van der Waals surface area contributed by atoms with E-state index in [1.54, 1.807) is 12.1 Å². The van der Waals surface area contributed by atoms with Crippen LogP contribution in [-0.2, 0) is 11.2 Å². The number of carboxylic acids is 1. The van der Waals surface area contributed by atoms with Crippen LogP contribution in [0.3, 0.4) is 0 Å². The number of aliphatic carboxylic acids is 1. The second-order valence-corrected chi connectivity index (χ2v) is 7.84. The fraction of sp³-hybridized carbons (Fsp3) is 0.440. The van der Waals surface area contributed by atoms with E-state index in [9.17, 15) is 9.90 Å². The van der Waals surface area contributed by atoms with Crippen molar-refractivity contribution in [3.05, 3.63) is 54.1 Å². The number of fused-ring (bicyclic) bond motifs is 1. The van der Waals surface area contributed by atoms with Crippen molar-refractivity contribution in [2.75, 3.05) is 18.0 Å². The second kappa shape index (κ2) is 13.5. The van der Waals surface area contributed by atoms with Crippen molar-refractivity contribution in [3.8, 4) is 5.75 Å². The Morgan fingerprint density at radius 1 is 1.06 bits per heavy atom. The zero-order valence-corrected chi connectivity index (χ0v) is 21.4. The topological polar surface area (TPSA) is 78.6 Å². The summed E-state index contributed by atoms with van der Waals surface area (Å²) in [6, 6.07) is 16.0. The summed E-state index contributed by atoms with van der Waals surface area (Å²) >= 11 is 0. The van der Waals surface area contributed by atoms with Crippen molar-refractivity contribution in [1.82, 2.24) is 4.98 Å². The zero-order chi connectivity index (χ0) is 22.1. The first-order chi connectivity index (χ1) is 15.1. The van der Waals surface area contributed by atoms with Crippen LogP contribution in [0.4, 0.5) is 6.01 Å². The van der Waals surface area contributed by atoms with Crippen LogP contribution in [-0.4, -0.2) is 30.1 Å². The molecule has 32 heavy (non-hydrogen) atoms. The molecule has 0 amide bonds. The number of carbonyl (C=O) groups excluding carboxylic acids is 1. The maximum atomic E-state index is 10.8. The summed E-state index contributed by atoms with van der Waals surface area (Å²) in [6.45, 7) is 5.37. The van der Waals surface area contributed by atoms with E-state index < -0.39 is 12.1 Å². The van der Waals surface area contributed by atoms with Gasteiger partial charge in [-0.05, 0) is 49.6 Å². The number of rotatable bonds is 13. The molecule has 166 valence electrons. The van der Waals surface area contributed by atoms with Gasteiger partial charge in [-0.15, -0.1) is 0 Å². The third-order valence-corrected chi connectivity index (χ3v) is 5.32. The summed E-state index contributed by atoms with van der Waals surface area (Å²) in [4.78, 5) is 17.7. The van der Waals surface area contributed by atoms with Crippen LogP contribution < -0.4 is 44.3 Å². The minimum atomic E-state index is -1.23. The Balaban J connectivity index is 0.00000363. The van der Waals surface area contributed by atoms with Gasteiger partial charge in [0, 0.05) is 13.1 Å². The summed E-state index contributed by atoms with van der Waals surface area (Å²) in [7, 11) is 0. The fourth-order valence-electron chi connectivity index (χ4n) is 3.46. The molecule has 6 nitrogen and oxygen atoms in total. The Labute approximate surface area is 212 Å². The van der Waals surface area contributed by atoms with E-state index in [0.717, 1.165) is 42.6 Å². The molecule has 1 aromatic heterocycles. The van der Waals surface area contributed by atoms with E-state index >= 15 is 0 Å². The molecule has 0 spiro atoms. The van der Waals surface area contributed by atoms with Gasteiger partial charge in [0.1, 0.15) is 17.4 Å². The van der Waals surface area contributed by atoms with Crippen LogP contribution in [0.1, 0.15) is 51.5 Å². The van der Waals surface area contributed by atoms with Crippen LogP contribution >= 0.6 is 0 Å². The summed E-state index contributed by atoms with van der Waals surface area (Å²) in [5.41, 5.74) is 2.81. The standard InChI is InChI=1S/C25H32N2O4.Na/c1-3-4-5-6-9-17-27(25-26-22-10-7-8-11-23(22)31-25)18-16-20-12-14-21(15-13-20)30-19(2)24(28)29;/h7-8,10-15,19H,3-6,9,16-18H2,1-2H3,(H,28,29);/q;+1/p-1/t19-;/m0./s1. The molecule has 0 N–H and O–H groups in total. The van der Waals surface area contributed by atoms with E-state index in [2.05, 4.69) is 16.8 Å². The average molecular weight is 447 g/mol. The number of aromatic nitrogens is 1. The molecule has 0 fully saturated rings. The third kappa shape index (κ3) is 7.84. The molecule has 3 aromatic rings. The van der Waals surface area contributed by atoms with Gasteiger partial charge < -0.3 is 24.0 Å². The first kappa shape index (κ1) is 26.2. The molecule has 1 atom stereocenters. The molecule has 0 radical (unpaired) electrons. The molecule has 0 aliphatic heterocycles. The Hall–Kier alpha value is -2.02. The molecular formula is C25H31N2NaO4. The van der Waals surface area contributed by atoms with Crippen LogP contribution in [0, 0.1) is 0 Å². The van der Waals surface area contributed by atoms with Crippen molar-refractivity contribution < 1.29 is 48.6 Å². The Morgan fingerprint density at radius 2 is 1.78 bits per heavy atom. The largest absolute Gasteiger partial charge is 1.00 e. The first-order valence-electron chi connectivity index (χ1n) is 11.1. The van der Waals surface area contributed by atoms with Crippen molar-refractivity contribution >= 4 is 23.1 Å². The van der Waals surface area contributed by atoms with Crippen molar-refractivity contribution in [2.45, 2.75) is 58.5 Å². The molecule has 3 rings (SSSR count). The van der Waals surface area contributed by atoms with Gasteiger partial charge >= 0.3 is 29.6 Å². The maximum absolute atomic E-state index is 10.8. The number of oxazole rings is 1. The average Bonchev–Trinajstić information content (AvgIpc) is 3.20. The van der Waals surface area contributed by atoms with Gasteiger partial charge in [-0.2, -0.15) is 4.98 Å². The fourth-order valence-corrected chi connectivity index (χ4v) is 3.46. The molecule has 0 saturated heterocycles.